The molecule has 0 radical (unpaired) electrons. The van der Waals surface area contributed by atoms with Gasteiger partial charge < -0.3 is 11.1 Å². The molecule has 5 nitrogen and oxygen atoms in total. The van der Waals surface area contributed by atoms with Crippen molar-refractivity contribution in [2.45, 2.75) is 0 Å². The van der Waals surface area contributed by atoms with Gasteiger partial charge in [-0.05, 0) is 48.5 Å². The second-order valence-electron chi connectivity index (χ2n) is 5.57. The molecule has 7 heteroatoms. The first-order valence-corrected chi connectivity index (χ1v) is 8.61. The lowest BCUT2D eigenvalue weighted by molar-refractivity contribution is 0.103. The second kappa shape index (κ2) is 6.53. The molecule has 0 atom stereocenters. The lowest BCUT2D eigenvalue weighted by atomic mass is 10.2. The summed E-state index contributed by atoms with van der Waals surface area (Å²) in [6.45, 7) is 0. The van der Waals surface area contributed by atoms with E-state index in [2.05, 4.69) is 15.3 Å². The van der Waals surface area contributed by atoms with Crippen molar-refractivity contribution in [3.8, 4) is 11.4 Å². The number of rotatable bonds is 3. The molecule has 4 aromatic rings. The van der Waals surface area contributed by atoms with E-state index in [0.717, 1.165) is 11.1 Å². The molecule has 1 amide bonds. The highest BCUT2D eigenvalue weighted by molar-refractivity contribution is 7.21. The highest BCUT2D eigenvalue weighted by atomic mass is 32.1. The number of hydrogen-bond donors (Lipinski definition) is 2. The van der Waals surface area contributed by atoms with E-state index in [1.165, 1.54) is 35.6 Å². The van der Waals surface area contributed by atoms with Gasteiger partial charge in [0.2, 0.25) is 0 Å². The Bertz CT molecular complexity index is 1090. The number of anilines is 2. The average molecular weight is 364 g/mol. The molecule has 0 aliphatic heterocycles. The molecule has 3 heterocycles. The summed E-state index contributed by atoms with van der Waals surface area (Å²) in [5.41, 5.74) is 8.48. The Morgan fingerprint density at radius 1 is 1.04 bits per heavy atom. The molecule has 0 bridgehead atoms. The summed E-state index contributed by atoms with van der Waals surface area (Å²) in [5, 5.41) is 3.44. The minimum absolute atomic E-state index is 0.350. The monoisotopic (exact) mass is 364 g/mol. The zero-order valence-electron chi connectivity index (χ0n) is 13.4. The predicted octanol–water partition coefficient (Wildman–Crippen LogP) is 4.33. The summed E-state index contributed by atoms with van der Waals surface area (Å²) < 4.78 is 13.0. The molecule has 0 saturated carbocycles. The first-order chi connectivity index (χ1) is 12.6. The van der Waals surface area contributed by atoms with Gasteiger partial charge in [-0.3, -0.25) is 9.78 Å². The molecule has 0 fully saturated rings. The minimum atomic E-state index is -0.365. The third-order valence-electron chi connectivity index (χ3n) is 3.83. The highest BCUT2D eigenvalue weighted by Gasteiger charge is 2.18. The van der Waals surface area contributed by atoms with Gasteiger partial charge in [0, 0.05) is 17.3 Å². The maximum Gasteiger partial charge on any atom is 0.267 e. The van der Waals surface area contributed by atoms with Crippen LogP contribution in [0.3, 0.4) is 0 Å². The summed E-state index contributed by atoms with van der Waals surface area (Å²) in [6.07, 6.45) is 1.70. The number of nitrogens with two attached hydrogens (primary N) is 1. The van der Waals surface area contributed by atoms with E-state index in [1.54, 1.807) is 6.20 Å². The van der Waals surface area contributed by atoms with Crippen molar-refractivity contribution in [1.29, 1.82) is 0 Å². The molecule has 0 saturated heterocycles. The summed E-state index contributed by atoms with van der Waals surface area (Å²) >= 11 is 1.21. The predicted molar refractivity (Wildman–Crippen MR) is 102 cm³/mol. The van der Waals surface area contributed by atoms with Crippen molar-refractivity contribution < 1.29 is 9.18 Å². The van der Waals surface area contributed by atoms with Crippen molar-refractivity contribution in [3.63, 3.8) is 0 Å². The van der Waals surface area contributed by atoms with Crippen LogP contribution in [0.25, 0.3) is 21.6 Å². The molecule has 26 heavy (non-hydrogen) atoms. The number of aromatic nitrogens is 2. The van der Waals surface area contributed by atoms with E-state index in [9.17, 15) is 9.18 Å². The van der Waals surface area contributed by atoms with E-state index < -0.39 is 0 Å². The maximum atomic E-state index is 13.0. The molecule has 3 aromatic heterocycles. The minimum Gasteiger partial charge on any atom is -0.397 e. The number of nitrogens with one attached hydrogen (secondary N) is 1. The van der Waals surface area contributed by atoms with Gasteiger partial charge >= 0.3 is 0 Å². The van der Waals surface area contributed by atoms with E-state index in [1.807, 2.05) is 30.3 Å². The van der Waals surface area contributed by atoms with E-state index >= 15 is 0 Å². The lowest BCUT2D eigenvalue weighted by Gasteiger charge is -2.04. The SMILES string of the molecule is Nc1c(C(=O)Nc2ccc(F)cc2)sc2nc(-c3ccccn3)ccc12. The third kappa shape index (κ3) is 3.00. The van der Waals surface area contributed by atoms with Gasteiger partial charge in [0.05, 0.1) is 17.1 Å². The van der Waals surface area contributed by atoms with Crippen LogP contribution >= 0.6 is 11.3 Å². The van der Waals surface area contributed by atoms with Crippen LogP contribution in [0.4, 0.5) is 15.8 Å². The molecule has 0 aliphatic carbocycles. The number of hydrogen-bond acceptors (Lipinski definition) is 5. The third-order valence-corrected chi connectivity index (χ3v) is 4.94. The number of fused-ring (bicyclic) bond motifs is 1. The number of carbonyl (C=O) groups excluding carboxylic acids is 1. The van der Waals surface area contributed by atoms with Crippen LogP contribution in [0.5, 0.6) is 0 Å². The normalized spacial score (nSPS) is 10.8. The molecule has 3 N–H and O–H groups in total. The first-order valence-electron chi connectivity index (χ1n) is 7.79. The first kappa shape index (κ1) is 16.2. The molecule has 128 valence electrons. The second-order valence-corrected chi connectivity index (χ2v) is 6.57. The number of pyridine rings is 2. The van der Waals surface area contributed by atoms with Crippen LogP contribution in [0, 0.1) is 5.82 Å². The summed E-state index contributed by atoms with van der Waals surface area (Å²) in [7, 11) is 0. The Morgan fingerprint density at radius 2 is 1.85 bits per heavy atom. The van der Waals surface area contributed by atoms with Gasteiger partial charge in [-0.15, -0.1) is 11.3 Å². The van der Waals surface area contributed by atoms with Crippen LogP contribution in [0.1, 0.15) is 9.67 Å². The van der Waals surface area contributed by atoms with Crippen LogP contribution in [-0.2, 0) is 0 Å². The Morgan fingerprint density at radius 3 is 2.58 bits per heavy atom. The van der Waals surface area contributed by atoms with Crippen LogP contribution in [0.15, 0.2) is 60.8 Å². The van der Waals surface area contributed by atoms with Gasteiger partial charge in [0.1, 0.15) is 15.5 Å². The van der Waals surface area contributed by atoms with Crippen LogP contribution in [0.2, 0.25) is 0 Å². The Kier molecular flexibility index (Phi) is 4.06. The van der Waals surface area contributed by atoms with Crippen molar-refractivity contribution in [2.24, 2.45) is 0 Å². The van der Waals surface area contributed by atoms with Gasteiger partial charge in [-0.2, -0.15) is 0 Å². The van der Waals surface area contributed by atoms with Crippen molar-refractivity contribution >= 4 is 38.8 Å². The summed E-state index contributed by atoms with van der Waals surface area (Å²) in [5.74, 6) is -0.716. The number of benzene rings is 1. The van der Waals surface area contributed by atoms with Crippen molar-refractivity contribution in [1.82, 2.24) is 9.97 Å². The number of nitrogen functional groups attached to an aromatic ring is 1. The Hall–Kier alpha value is -3.32. The van der Waals surface area contributed by atoms with E-state index in [0.29, 0.717) is 26.8 Å². The zero-order valence-corrected chi connectivity index (χ0v) is 14.3. The largest absolute Gasteiger partial charge is 0.397 e. The number of thiophene rings is 1. The van der Waals surface area contributed by atoms with Crippen LogP contribution in [-0.4, -0.2) is 15.9 Å². The molecular formula is C19H13FN4OS. The van der Waals surface area contributed by atoms with Gasteiger partial charge in [0.25, 0.3) is 5.91 Å². The smallest absolute Gasteiger partial charge is 0.267 e. The number of nitrogens with zero attached hydrogens (tertiary/aromatic N) is 2. The summed E-state index contributed by atoms with van der Waals surface area (Å²) in [4.78, 5) is 22.4. The number of amides is 1. The Balaban J connectivity index is 1.68. The van der Waals surface area contributed by atoms with Crippen molar-refractivity contribution in [3.05, 3.63) is 71.5 Å². The Labute approximate surface area is 152 Å². The molecule has 0 aliphatic rings. The average Bonchev–Trinajstić information content (AvgIpc) is 3.00. The summed E-state index contributed by atoms with van der Waals surface area (Å²) in [6, 6.07) is 14.8. The topological polar surface area (TPSA) is 80.9 Å². The maximum absolute atomic E-state index is 13.0. The molecule has 4 rings (SSSR count). The van der Waals surface area contributed by atoms with Gasteiger partial charge in [-0.25, -0.2) is 9.37 Å². The fourth-order valence-electron chi connectivity index (χ4n) is 2.54. The number of carbonyl (C=O) groups is 1. The highest BCUT2D eigenvalue weighted by Crippen LogP contribution is 2.34. The number of halogens is 1. The molecule has 0 spiro atoms. The lowest BCUT2D eigenvalue weighted by Crippen LogP contribution is -2.11. The van der Waals surface area contributed by atoms with E-state index in [-0.39, 0.29) is 11.7 Å². The fraction of sp³-hybridized carbons (Fsp3) is 0. The standard InChI is InChI=1S/C19H13FN4OS/c20-11-4-6-12(7-5-11)23-18(25)17-16(21)13-8-9-15(24-19(13)26-17)14-3-1-2-10-22-14/h1-10H,21H2,(H,23,25). The molecule has 0 unspecified atom stereocenters. The van der Waals surface area contributed by atoms with Gasteiger partial charge in [0.15, 0.2) is 0 Å². The van der Waals surface area contributed by atoms with Crippen molar-refractivity contribution in [2.75, 3.05) is 11.1 Å². The van der Waals surface area contributed by atoms with Gasteiger partial charge in [-0.1, -0.05) is 6.07 Å². The van der Waals surface area contributed by atoms with E-state index in [4.69, 9.17) is 5.73 Å². The zero-order chi connectivity index (χ0) is 18.1. The molecular weight excluding hydrogens is 351 g/mol. The van der Waals surface area contributed by atoms with Crippen LogP contribution < -0.4 is 11.1 Å². The molecule has 1 aromatic carbocycles. The fourth-order valence-corrected chi connectivity index (χ4v) is 3.53. The quantitative estimate of drug-likeness (QED) is 0.567.